The lowest BCUT2D eigenvalue weighted by Crippen LogP contribution is -2.37. The van der Waals surface area contributed by atoms with Crippen LogP contribution >= 0.6 is 0 Å². The van der Waals surface area contributed by atoms with E-state index in [1.54, 1.807) is 25.2 Å². The third kappa shape index (κ3) is 6.21. The van der Waals surface area contributed by atoms with Crippen molar-refractivity contribution in [2.75, 3.05) is 18.9 Å². The van der Waals surface area contributed by atoms with E-state index in [0.717, 1.165) is 11.1 Å². The number of rotatable bonds is 7. The van der Waals surface area contributed by atoms with Gasteiger partial charge in [-0.05, 0) is 53.9 Å². The van der Waals surface area contributed by atoms with Crippen LogP contribution in [0.3, 0.4) is 0 Å². The molecule has 3 rings (SSSR count). The number of nitrogens with zero attached hydrogens (tertiary/aromatic N) is 1. The number of halogens is 1. The summed E-state index contributed by atoms with van der Waals surface area (Å²) in [4.78, 5) is 16.2. The highest BCUT2D eigenvalue weighted by molar-refractivity contribution is 6.02. The number of carbonyl (C=O) groups excluding carboxylic acids is 1. The van der Waals surface area contributed by atoms with Crippen LogP contribution in [-0.2, 0) is 13.0 Å². The fraction of sp³-hybridized carbons (Fsp3) is 0.182. The second-order valence-electron chi connectivity index (χ2n) is 6.36. The van der Waals surface area contributed by atoms with Crippen LogP contribution in [0, 0.1) is 5.82 Å². The van der Waals surface area contributed by atoms with Gasteiger partial charge in [-0.15, -0.1) is 0 Å². The van der Waals surface area contributed by atoms with E-state index in [2.05, 4.69) is 20.9 Å². The minimum absolute atomic E-state index is 0.228. The lowest BCUT2D eigenvalue weighted by atomic mass is 10.1. The Hall–Kier alpha value is -3.61. The second kappa shape index (κ2) is 10.1. The number of hydrogen-bond donors (Lipinski definition) is 3. The molecule has 0 aliphatic heterocycles. The summed E-state index contributed by atoms with van der Waals surface area (Å²) in [5.41, 5.74) is 2.65. The van der Waals surface area contributed by atoms with Crippen molar-refractivity contribution in [1.29, 1.82) is 0 Å². The maximum atomic E-state index is 13.2. The summed E-state index contributed by atoms with van der Waals surface area (Å²) < 4.78 is 18.3. The Morgan fingerprint density at radius 1 is 1.03 bits per heavy atom. The predicted molar refractivity (Wildman–Crippen MR) is 111 cm³/mol. The van der Waals surface area contributed by atoms with Crippen LogP contribution in [0.25, 0.3) is 0 Å². The van der Waals surface area contributed by atoms with Crippen molar-refractivity contribution in [2.45, 2.75) is 13.0 Å². The molecule has 3 aromatic rings. The van der Waals surface area contributed by atoms with Gasteiger partial charge in [-0.25, -0.2) is 4.39 Å². The van der Waals surface area contributed by atoms with Crippen molar-refractivity contribution in [2.24, 2.45) is 4.99 Å². The summed E-state index contributed by atoms with van der Waals surface area (Å²) in [5.74, 6) is 0.415. The minimum atomic E-state index is -0.288. The average Bonchev–Trinajstić information content (AvgIpc) is 3.27. The zero-order valence-corrected chi connectivity index (χ0v) is 16.1. The number of amides is 1. The molecule has 0 aliphatic rings. The molecule has 0 unspecified atom stereocenters. The summed E-state index contributed by atoms with van der Waals surface area (Å²) in [5, 5.41) is 9.22. The van der Waals surface area contributed by atoms with E-state index in [1.807, 2.05) is 30.3 Å². The molecule has 3 N–H and O–H groups in total. The highest BCUT2D eigenvalue weighted by Crippen LogP contribution is 2.12. The van der Waals surface area contributed by atoms with Gasteiger partial charge in [0.2, 0.25) is 0 Å². The lowest BCUT2D eigenvalue weighted by Gasteiger charge is -2.12. The molecule has 1 amide bonds. The van der Waals surface area contributed by atoms with Crippen molar-refractivity contribution in [3.8, 4) is 0 Å². The van der Waals surface area contributed by atoms with Gasteiger partial charge < -0.3 is 20.4 Å². The van der Waals surface area contributed by atoms with Crippen LogP contribution < -0.4 is 16.0 Å². The summed E-state index contributed by atoms with van der Waals surface area (Å²) in [6, 6.07) is 17.4. The van der Waals surface area contributed by atoms with E-state index < -0.39 is 0 Å². The third-order valence-electron chi connectivity index (χ3n) is 4.24. The number of anilines is 1. The van der Waals surface area contributed by atoms with Crippen LogP contribution in [0.5, 0.6) is 0 Å². The summed E-state index contributed by atoms with van der Waals surface area (Å²) in [6.45, 7) is 1.22. The summed E-state index contributed by atoms with van der Waals surface area (Å²) in [6.07, 6.45) is 2.16. The fourth-order valence-electron chi connectivity index (χ4n) is 2.73. The normalized spacial score (nSPS) is 11.2. The van der Waals surface area contributed by atoms with E-state index in [0.29, 0.717) is 31.2 Å². The number of carbonyl (C=O) groups is 1. The van der Waals surface area contributed by atoms with Gasteiger partial charge >= 0.3 is 0 Å². The molecule has 1 heterocycles. The van der Waals surface area contributed by atoms with Gasteiger partial charge in [-0.2, -0.15) is 0 Å². The molecular formula is C22H23FN4O2. The van der Waals surface area contributed by atoms with Crippen molar-refractivity contribution in [3.05, 3.63) is 89.6 Å². The molecule has 0 fully saturated rings. The molecule has 150 valence electrons. The Morgan fingerprint density at radius 3 is 2.55 bits per heavy atom. The summed E-state index contributed by atoms with van der Waals surface area (Å²) >= 11 is 0. The first kappa shape index (κ1) is 20.1. The number of aliphatic imine (C=N–C) groups is 1. The first-order chi connectivity index (χ1) is 14.1. The molecule has 1 aromatic heterocycles. The van der Waals surface area contributed by atoms with Gasteiger partial charge in [0.05, 0.1) is 6.26 Å². The van der Waals surface area contributed by atoms with Crippen LogP contribution in [0.15, 0.2) is 76.3 Å². The Morgan fingerprint density at radius 2 is 1.86 bits per heavy atom. The number of nitrogens with one attached hydrogen (secondary N) is 3. The van der Waals surface area contributed by atoms with Gasteiger partial charge in [0.25, 0.3) is 5.91 Å². The average molecular weight is 394 g/mol. The molecular weight excluding hydrogens is 371 g/mol. The molecule has 0 atom stereocenters. The standard InChI is InChI=1S/C22H23FN4O2/c1-24-22(25-12-11-16-4-2-5-18(23)14-16)26-15-17-7-9-19(10-8-17)27-21(28)20-6-3-13-29-20/h2-10,13-14H,11-12,15H2,1H3,(H,27,28)(H2,24,25,26). The van der Waals surface area contributed by atoms with Crippen molar-refractivity contribution in [3.63, 3.8) is 0 Å². The SMILES string of the molecule is CN=C(NCCc1cccc(F)c1)NCc1ccc(NC(=O)c2ccco2)cc1. The second-order valence-corrected chi connectivity index (χ2v) is 6.36. The van der Waals surface area contributed by atoms with Crippen molar-refractivity contribution in [1.82, 2.24) is 10.6 Å². The summed E-state index contributed by atoms with van der Waals surface area (Å²) in [7, 11) is 1.70. The maximum Gasteiger partial charge on any atom is 0.291 e. The van der Waals surface area contributed by atoms with Gasteiger partial charge in [0.1, 0.15) is 5.82 Å². The number of guanidine groups is 1. The van der Waals surface area contributed by atoms with E-state index in [4.69, 9.17) is 4.42 Å². The molecule has 0 spiro atoms. The van der Waals surface area contributed by atoms with E-state index in [1.165, 1.54) is 18.4 Å². The van der Waals surface area contributed by atoms with Gasteiger partial charge in [0, 0.05) is 25.8 Å². The Bertz CT molecular complexity index is 953. The molecule has 0 aliphatic carbocycles. The lowest BCUT2D eigenvalue weighted by molar-refractivity contribution is 0.0996. The van der Waals surface area contributed by atoms with Gasteiger partial charge in [-0.3, -0.25) is 9.79 Å². The van der Waals surface area contributed by atoms with Crippen LogP contribution in [0.4, 0.5) is 10.1 Å². The minimum Gasteiger partial charge on any atom is -0.459 e. The third-order valence-corrected chi connectivity index (χ3v) is 4.24. The van der Waals surface area contributed by atoms with Crippen molar-refractivity contribution >= 4 is 17.6 Å². The van der Waals surface area contributed by atoms with E-state index >= 15 is 0 Å². The van der Waals surface area contributed by atoms with Gasteiger partial charge in [-0.1, -0.05) is 24.3 Å². The molecule has 0 bridgehead atoms. The molecule has 2 aromatic carbocycles. The molecule has 0 saturated carbocycles. The molecule has 6 nitrogen and oxygen atoms in total. The van der Waals surface area contributed by atoms with Crippen LogP contribution in [0.2, 0.25) is 0 Å². The topological polar surface area (TPSA) is 78.7 Å². The van der Waals surface area contributed by atoms with Crippen LogP contribution in [0.1, 0.15) is 21.7 Å². The smallest absolute Gasteiger partial charge is 0.291 e. The first-order valence-corrected chi connectivity index (χ1v) is 9.27. The highest BCUT2D eigenvalue weighted by Gasteiger charge is 2.08. The number of furan rings is 1. The Labute approximate surface area is 168 Å². The quantitative estimate of drug-likeness (QED) is 0.423. The zero-order chi connectivity index (χ0) is 20.5. The fourth-order valence-corrected chi connectivity index (χ4v) is 2.73. The van der Waals surface area contributed by atoms with E-state index in [-0.39, 0.29) is 17.5 Å². The van der Waals surface area contributed by atoms with Crippen molar-refractivity contribution < 1.29 is 13.6 Å². The molecule has 0 radical (unpaired) electrons. The monoisotopic (exact) mass is 394 g/mol. The Balaban J connectivity index is 1.43. The van der Waals surface area contributed by atoms with E-state index in [9.17, 15) is 9.18 Å². The largest absolute Gasteiger partial charge is 0.459 e. The molecule has 0 saturated heterocycles. The number of benzene rings is 2. The van der Waals surface area contributed by atoms with Gasteiger partial charge in [0.15, 0.2) is 11.7 Å². The van der Waals surface area contributed by atoms with Crippen LogP contribution in [-0.4, -0.2) is 25.5 Å². The number of hydrogen-bond acceptors (Lipinski definition) is 3. The zero-order valence-electron chi connectivity index (χ0n) is 16.1. The maximum absolute atomic E-state index is 13.2. The highest BCUT2D eigenvalue weighted by atomic mass is 19.1. The first-order valence-electron chi connectivity index (χ1n) is 9.27. The Kier molecular flexibility index (Phi) is 7.00. The predicted octanol–water partition coefficient (Wildman–Crippen LogP) is 3.58. The molecule has 7 heteroatoms. The molecule has 29 heavy (non-hydrogen) atoms.